The van der Waals surface area contributed by atoms with Crippen molar-refractivity contribution in [3.05, 3.63) is 58.4 Å². The molecule has 3 N–H and O–H groups in total. The number of hydrogen-bond acceptors (Lipinski definition) is 4. The Hall–Kier alpha value is -2.25. The van der Waals surface area contributed by atoms with E-state index < -0.39 is 6.04 Å². The lowest BCUT2D eigenvalue weighted by molar-refractivity contribution is -0.116. The van der Waals surface area contributed by atoms with Crippen molar-refractivity contribution >= 4 is 46.6 Å². The molecule has 0 bridgehead atoms. The number of anilines is 2. The third kappa shape index (κ3) is 4.73. The van der Waals surface area contributed by atoms with E-state index in [4.69, 9.17) is 11.6 Å². The molecule has 4 rings (SSSR count). The Labute approximate surface area is 184 Å². The monoisotopic (exact) mass is 447 g/mol. The van der Waals surface area contributed by atoms with Gasteiger partial charge in [-0.3, -0.25) is 9.59 Å². The molecule has 1 saturated carbocycles. The molecule has 8 heteroatoms. The third-order valence-electron chi connectivity index (χ3n) is 5.47. The molecule has 1 aliphatic heterocycles. The molecule has 5 nitrogen and oxygen atoms in total. The molecule has 1 aliphatic carbocycles. The van der Waals surface area contributed by atoms with E-state index in [9.17, 15) is 14.0 Å². The van der Waals surface area contributed by atoms with Crippen molar-refractivity contribution in [3.8, 4) is 0 Å². The SMILES string of the molecule is O=C(NC1CCCC1)c1ccc2c(c1)NC(=O)C(CSCc1c(F)cccc1Cl)N2. The Balaban J connectivity index is 1.36. The van der Waals surface area contributed by atoms with Crippen molar-refractivity contribution in [2.75, 3.05) is 16.4 Å². The van der Waals surface area contributed by atoms with Crippen molar-refractivity contribution in [2.45, 2.75) is 43.5 Å². The summed E-state index contributed by atoms with van der Waals surface area (Å²) in [5.41, 5.74) is 2.34. The van der Waals surface area contributed by atoms with Gasteiger partial charge in [-0.2, -0.15) is 11.8 Å². The minimum absolute atomic E-state index is 0.113. The molecule has 1 unspecified atom stereocenters. The molecule has 2 amide bonds. The fourth-order valence-electron chi connectivity index (χ4n) is 3.79. The van der Waals surface area contributed by atoms with Gasteiger partial charge in [0.1, 0.15) is 11.9 Å². The number of thioether (sulfide) groups is 1. The van der Waals surface area contributed by atoms with Crippen LogP contribution in [0, 0.1) is 5.82 Å². The predicted molar refractivity (Wildman–Crippen MR) is 120 cm³/mol. The normalized spacial score (nSPS) is 18.5. The minimum atomic E-state index is -0.453. The van der Waals surface area contributed by atoms with Crippen LogP contribution in [0.3, 0.4) is 0 Å². The number of nitrogens with one attached hydrogen (secondary N) is 3. The van der Waals surface area contributed by atoms with Gasteiger partial charge in [-0.25, -0.2) is 4.39 Å². The van der Waals surface area contributed by atoms with Crippen LogP contribution in [-0.2, 0) is 10.5 Å². The summed E-state index contributed by atoms with van der Waals surface area (Å²) >= 11 is 7.49. The van der Waals surface area contributed by atoms with Crippen molar-refractivity contribution in [3.63, 3.8) is 0 Å². The Morgan fingerprint density at radius 1 is 1.20 bits per heavy atom. The zero-order chi connectivity index (χ0) is 21.1. The van der Waals surface area contributed by atoms with Crippen molar-refractivity contribution in [1.82, 2.24) is 5.32 Å². The third-order valence-corrected chi connectivity index (χ3v) is 6.88. The van der Waals surface area contributed by atoms with E-state index in [0.717, 1.165) is 31.4 Å². The number of carbonyl (C=O) groups is 2. The van der Waals surface area contributed by atoms with Crippen LogP contribution < -0.4 is 16.0 Å². The first kappa shape index (κ1) is 21.0. The van der Waals surface area contributed by atoms with Gasteiger partial charge in [0.15, 0.2) is 0 Å². The average molecular weight is 448 g/mol. The number of carbonyl (C=O) groups excluding carboxylic acids is 2. The topological polar surface area (TPSA) is 70.2 Å². The van der Waals surface area contributed by atoms with E-state index in [1.165, 1.54) is 17.8 Å². The molecule has 0 spiro atoms. The zero-order valence-corrected chi connectivity index (χ0v) is 17.9. The van der Waals surface area contributed by atoms with E-state index in [0.29, 0.717) is 33.3 Å². The highest BCUT2D eigenvalue weighted by Gasteiger charge is 2.26. The lowest BCUT2D eigenvalue weighted by atomic mass is 10.1. The van der Waals surface area contributed by atoms with Gasteiger partial charge in [-0.05, 0) is 43.2 Å². The highest BCUT2D eigenvalue weighted by atomic mass is 35.5. The second kappa shape index (κ2) is 9.27. The Morgan fingerprint density at radius 2 is 2.00 bits per heavy atom. The van der Waals surface area contributed by atoms with Gasteiger partial charge in [0.2, 0.25) is 5.91 Å². The molecule has 0 radical (unpaired) electrons. The lowest BCUT2D eigenvalue weighted by Gasteiger charge is -2.27. The molecule has 30 heavy (non-hydrogen) atoms. The number of hydrogen-bond donors (Lipinski definition) is 3. The maximum atomic E-state index is 13.9. The van der Waals surface area contributed by atoms with Gasteiger partial charge in [0.25, 0.3) is 5.91 Å². The minimum Gasteiger partial charge on any atom is -0.371 e. The molecule has 1 atom stereocenters. The lowest BCUT2D eigenvalue weighted by Crippen LogP contribution is -2.41. The molecule has 2 aromatic rings. The van der Waals surface area contributed by atoms with Crippen LogP contribution in [0.2, 0.25) is 5.02 Å². The van der Waals surface area contributed by atoms with Crippen LogP contribution in [-0.4, -0.2) is 29.7 Å². The van der Waals surface area contributed by atoms with E-state index in [-0.39, 0.29) is 23.7 Å². The van der Waals surface area contributed by atoms with Crippen LogP contribution in [0.5, 0.6) is 0 Å². The van der Waals surface area contributed by atoms with Crippen LogP contribution in [0.15, 0.2) is 36.4 Å². The second-order valence-electron chi connectivity index (χ2n) is 7.62. The van der Waals surface area contributed by atoms with Gasteiger partial charge in [0.05, 0.1) is 11.4 Å². The van der Waals surface area contributed by atoms with Crippen molar-refractivity contribution in [1.29, 1.82) is 0 Å². The quantitative estimate of drug-likeness (QED) is 0.594. The number of benzene rings is 2. The molecular weight excluding hydrogens is 425 g/mol. The molecule has 1 heterocycles. The Morgan fingerprint density at radius 3 is 2.77 bits per heavy atom. The predicted octanol–water partition coefficient (Wildman–Crippen LogP) is 4.82. The number of rotatable bonds is 6. The van der Waals surface area contributed by atoms with E-state index >= 15 is 0 Å². The maximum absolute atomic E-state index is 13.9. The molecule has 0 aromatic heterocycles. The van der Waals surface area contributed by atoms with Gasteiger partial charge in [-0.1, -0.05) is 30.5 Å². The second-order valence-corrected chi connectivity index (χ2v) is 9.05. The average Bonchev–Trinajstić information content (AvgIpc) is 3.23. The molecule has 0 saturated heterocycles. The van der Waals surface area contributed by atoms with Crippen LogP contribution in [0.1, 0.15) is 41.6 Å². The van der Waals surface area contributed by atoms with Crippen LogP contribution >= 0.6 is 23.4 Å². The van der Waals surface area contributed by atoms with Gasteiger partial charge < -0.3 is 16.0 Å². The van der Waals surface area contributed by atoms with Gasteiger partial charge in [-0.15, -0.1) is 0 Å². The summed E-state index contributed by atoms with van der Waals surface area (Å²) in [6.45, 7) is 0. The summed E-state index contributed by atoms with van der Waals surface area (Å²) in [5.74, 6) is 0.204. The summed E-state index contributed by atoms with van der Waals surface area (Å²) in [5, 5.41) is 9.53. The van der Waals surface area contributed by atoms with Crippen LogP contribution in [0.25, 0.3) is 0 Å². The highest BCUT2D eigenvalue weighted by Crippen LogP contribution is 2.30. The van der Waals surface area contributed by atoms with Gasteiger partial charge >= 0.3 is 0 Å². The van der Waals surface area contributed by atoms with Gasteiger partial charge in [0, 0.05) is 33.7 Å². The van der Waals surface area contributed by atoms with E-state index in [1.54, 1.807) is 24.3 Å². The molecule has 2 aliphatic rings. The first-order valence-electron chi connectivity index (χ1n) is 10.0. The fourth-order valence-corrected chi connectivity index (χ4v) is 5.19. The number of halogens is 2. The molecule has 1 fully saturated rings. The first-order chi connectivity index (χ1) is 14.5. The Bertz CT molecular complexity index is 945. The Kier molecular flexibility index (Phi) is 6.49. The zero-order valence-electron chi connectivity index (χ0n) is 16.3. The summed E-state index contributed by atoms with van der Waals surface area (Å²) in [7, 11) is 0. The molecule has 158 valence electrons. The molecule has 2 aromatic carbocycles. The summed E-state index contributed by atoms with van der Waals surface area (Å²) < 4.78 is 13.9. The number of fused-ring (bicyclic) bond motifs is 1. The largest absolute Gasteiger partial charge is 0.371 e. The molecular formula is C22H23ClFN3O2S. The van der Waals surface area contributed by atoms with Crippen LogP contribution in [0.4, 0.5) is 15.8 Å². The van der Waals surface area contributed by atoms with Crippen molar-refractivity contribution in [2.24, 2.45) is 0 Å². The smallest absolute Gasteiger partial charge is 0.251 e. The maximum Gasteiger partial charge on any atom is 0.251 e. The number of amides is 2. The van der Waals surface area contributed by atoms with E-state index in [2.05, 4.69) is 16.0 Å². The fraction of sp³-hybridized carbons (Fsp3) is 0.364. The standard InChI is InChI=1S/C22H23ClFN3O2S/c23-16-6-3-7-17(24)15(16)11-30-12-20-22(29)27-19-10-13(8-9-18(19)26-20)21(28)25-14-4-1-2-5-14/h3,6-10,14,20,26H,1-2,4-5,11-12H2,(H,25,28)(H,27,29). The van der Waals surface area contributed by atoms with Crippen molar-refractivity contribution < 1.29 is 14.0 Å². The highest BCUT2D eigenvalue weighted by molar-refractivity contribution is 7.98. The first-order valence-corrected chi connectivity index (χ1v) is 11.6. The summed E-state index contributed by atoms with van der Waals surface area (Å²) in [6, 6.07) is 9.67. The summed E-state index contributed by atoms with van der Waals surface area (Å²) in [6.07, 6.45) is 4.34. The van der Waals surface area contributed by atoms with E-state index in [1.807, 2.05) is 6.07 Å². The summed E-state index contributed by atoms with van der Waals surface area (Å²) in [4.78, 5) is 25.0.